The Balaban J connectivity index is 0.00000341. The van der Waals surface area contributed by atoms with Crippen molar-refractivity contribution in [3.63, 3.8) is 0 Å². The van der Waals surface area contributed by atoms with E-state index in [0.29, 0.717) is 12.0 Å². The minimum absolute atomic E-state index is 0. The molecule has 2 unspecified atom stereocenters. The van der Waals surface area contributed by atoms with Crippen molar-refractivity contribution in [2.45, 2.75) is 38.9 Å². The van der Waals surface area contributed by atoms with E-state index in [9.17, 15) is 0 Å². The molecule has 0 bridgehead atoms. The molecule has 7 heteroatoms. The zero-order valence-corrected chi connectivity index (χ0v) is 22.5. The Morgan fingerprint density at radius 2 is 2.03 bits per heavy atom. The predicted octanol–water partition coefficient (Wildman–Crippen LogP) is 4.57. The van der Waals surface area contributed by atoms with Crippen LogP contribution in [-0.2, 0) is 13.1 Å². The topological polar surface area (TPSA) is 42.9 Å². The molecule has 0 radical (unpaired) electrons. The summed E-state index contributed by atoms with van der Waals surface area (Å²) in [6.45, 7) is 7.12. The summed E-state index contributed by atoms with van der Waals surface area (Å²) in [7, 11) is 6.27. The van der Waals surface area contributed by atoms with Gasteiger partial charge in [-0.15, -0.1) is 35.3 Å². The third kappa shape index (κ3) is 7.73. The van der Waals surface area contributed by atoms with Crippen molar-refractivity contribution in [1.82, 2.24) is 20.4 Å². The van der Waals surface area contributed by atoms with Gasteiger partial charge in [0.1, 0.15) is 0 Å². The number of aliphatic imine (C=N–C) groups is 1. The first-order valence-electron chi connectivity index (χ1n) is 11.0. The van der Waals surface area contributed by atoms with Crippen molar-refractivity contribution in [2.75, 3.05) is 40.8 Å². The van der Waals surface area contributed by atoms with Gasteiger partial charge in [-0.25, -0.2) is 0 Å². The Kier molecular flexibility index (Phi) is 11.3. The Morgan fingerprint density at radius 3 is 2.74 bits per heavy atom. The van der Waals surface area contributed by atoms with Gasteiger partial charge in [0.25, 0.3) is 0 Å². The molecule has 2 aromatic rings. The Bertz CT molecular complexity index is 795. The number of benzene rings is 1. The molecule has 2 atom stereocenters. The SMILES string of the molecule is CCN(C)Cc1cccc(CNC(=NC)NCC2CCCN(C)C2c2cccs2)c1.I. The standard InChI is InChI=1S/C24H37N5S.HI/c1-5-28(3)18-20-10-6-9-19(15-20)16-26-24(25-2)27-17-21-11-7-13-29(4)23(21)22-12-8-14-30-22;/h6,8-10,12,14-15,21,23H,5,7,11,13,16-18H2,1-4H3,(H2,25,26,27);1H. The van der Waals surface area contributed by atoms with E-state index >= 15 is 0 Å². The smallest absolute Gasteiger partial charge is 0.191 e. The minimum Gasteiger partial charge on any atom is -0.356 e. The van der Waals surface area contributed by atoms with E-state index in [4.69, 9.17) is 0 Å². The molecule has 1 aliphatic heterocycles. The van der Waals surface area contributed by atoms with Crippen LogP contribution in [0.3, 0.4) is 0 Å². The molecule has 2 heterocycles. The summed E-state index contributed by atoms with van der Waals surface area (Å²) in [4.78, 5) is 10.8. The van der Waals surface area contributed by atoms with E-state index in [0.717, 1.165) is 32.1 Å². The van der Waals surface area contributed by atoms with E-state index in [1.54, 1.807) is 0 Å². The maximum Gasteiger partial charge on any atom is 0.191 e. The highest BCUT2D eigenvalue weighted by Gasteiger charge is 2.31. The number of nitrogens with zero attached hydrogens (tertiary/aromatic N) is 3. The lowest BCUT2D eigenvalue weighted by atomic mass is 9.88. The largest absolute Gasteiger partial charge is 0.356 e. The summed E-state index contributed by atoms with van der Waals surface area (Å²) in [5.74, 6) is 1.47. The third-order valence-electron chi connectivity index (χ3n) is 6.04. The van der Waals surface area contributed by atoms with Crippen molar-refractivity contribution < 1.29 is 0 Å². The number of rotatable bonds is 8. The number of halogens is 1. The number of piperidine rings is 1. The van der Waals surface area contributed by atoms with Crippen LogP contribution >= 0.6 is 35.3 Å². The molecule has 31 heavy (non-hydrogen) atoms. The van der Waals surface area contributed by atoms with Crippen LogP contribution in [0, 0.1) is 5.92 Å². The zero-order chi connectivity index (χ0) is 21.3. The van der Waals surface area contributed by atoms with Gasteiger partial charge in [-0.2, -0.15) is 0 Å². The second kappa shape index (κ2) is 13.4. The fourth-order valence-corrected chi connectivity index (χ4v) is 5.26. The molecule has 1 saturated heterocycles. The molecule has 1 aromatic carbocycles. The number of hydrogen-bond donors (Lipinski definition) is 2. The van der Waals surface area contributed by atoms with Gasteiger partial charge >= 0.3 is 0 Å². The lowest BCUT2D eigenvalue weighted by Crippen LogP contribution is -2.44. The van der Waals surface area contributed by atoms with Crippen molar-refractivity contribution in [2.24, 2.45) is 10.9 Å². The highest BCUT2D eigenvalue weighted by molar-refractivity contribution is 14.0. The molecule has 2 N–H and O–H groups in total. The molecule has 172 valence electrons. The van der Waals surface area contributed by atoms with Gasteiger partial charge in [0.2, 0.25) is 0 Å². The van der Waals surface area contributed by atoms with Gasteiger partial charge in [-0.3, -0.25) is 9.89 Å². The number of hydrogen-bond acceptors (Lipinski definition) is 4. The summed E-state index contributed by atoms with van der Waals surface area (Å²) in [6.07, 6.45) is 2.51. The van der Waals surface area contributed by atoms with Crippen LogP contribution < -0.4 is 10.6 Å². The number of nitrogens with one attached hydrogen (secondary N) is 2. The molecular formula is C24H38IN5S. The van der Waals surface area contributed by atoms with E-state index in [1.807, 2.05) is 18.4 Å². The van der Waals surface area contributed by atoms with Crippen molar-refractivity contribution in [3.8, 4) is 0 Å². The normalized spacial score (nSPS) is 19.8. The fraction of sp³-hybridized carbons (Fsp3) is 0.542. The molecule has 0 spiro atoms. The number of thiophene rings is 1. The predicted molar refractivity (Wildman–Crippen MR) is 144 cm³/mol. The molecule has 1 aromatic heterocycles. The zero-order valence-electron chi connectivity index (χ0n) is 19.3. The maximum atomic E-state index is 4.45. The summed E-state index contributed by atoms with van der Waals surface area (Å²) < 4.78 is 0. The lowest BCUT2D eigenvalue weighted by Gasteiger charge is -2.39. The van der Waals surface area contributed by atoms with Crippen LogP contribution in [0.1, 0.15) is 41.8 Å². The number of guanidine groups is 1. The van der Waals surface area contributed by atoms with Crippen LogP contribution in [0.4, 0.5) is 0 Å². The molecule has 5 nitrogen and oxygen atoms in total. The monoisotopic (exact) mass is 555 g/mol. The molecule has 1 aliphatic rings. The quantitative estimate of drug-likeness (QED) is 0.285. The van der Waals surface area contributed by atoms with E-state index in [-0.39, 0.29) is 24.0 Å². The third-order valence-corrected chi connectivity index (χ3v) is 6.98. The van der Waals surface area contributed by atoms with E-state index in [2.05, 4.69) is 88.2 Å². The Labute approximate surface area is 209 Å². The second-order valence-corrected chi connectivity index (χ2v) is 9.28. The molecule has 3 rings (SSSR count). The molecule has 0 amide bonds. The summed E-state index contributed by atoms with van der Waals surface area (Å²) in [6, 6.07) is 13.8. The van der Waals surface area contributed by atoms with E-state index in [1.165, 1.54) is 35.4 Å². The molecule has 1 fully saturated rings. The van der Waals surface area contributed by atoms with Gasteiger partial charge in [0.15, 0.2) is 5.96 Å². The van der Waals surface area contributed by atoms with Gasteiger partial charge in [0, 0.05) is 37.6 Å². The summed E-state index contributed by atoms with van der Waals surface area (Å²) in [5.41, 5.74) is 2.64. The lowest BCUT2D eigenvalue weighted by molar-refractivity contribution is 0.125. The Morgan fingerprint density at radius 1 is 1.23 bits per heavy atom. The van der Waals surface area contributed by atoms with Gasteiger partial charge in [0.05, 0.1) is 0 Å². The van der Waals surface area contributed by atoms with Crippen molar-refractivity contribution in [1.29, 1.82) is 0 Å². The average Bonchev–Trinajstić information content (AvgIpc) is 3.28. The first kappa shape index (κ1) is 26.1. The van der Waals surface area contributed by atoms with Crippen LogP contribution in [0.25, 0.3) is 0 Å². The van der Waals surface area contributed by atoms with E-state index < -0.39 is 0 Å². The maximum absolute atomic E-state index is 4.45. The van der Waals surface area contributed by atoms with Gasteiger partial charge in [-0.1, -0.05) is 37.3 Å². The average molecular weight is 556 g/mol. The summed E-state index contributed by atoms with van der Waals surface area (Å²) >= 11 is 1.87. The van der Waals surface area contributed by atoms with Gasteiger partial charge in [-0.05, 0) is 68.5 Å². The van der Waals surface area contributed by atoms with Crippen LogP contribution in [-0.4, -0.2) is 56.5 Å². The van der Waals surface area contributed by atoms with Crippen molar-refractivity contribution >= 4 is 41.3 Å². The summed E-state index contributed by atoms with van der Waals surface area (Å²) in [5, 5.41) is 9.27. The Hall–Kier alpha value is -1.16. The van der Waals surface area contributed by atoms with Crippen molar-refractivity contribution in [3.05, 3.63) is 57.8 Å². The molecule has 0 saturated carbocycles. The van der Waals surface area contributed by atoms with Crippen LogP contribution in [0.2, 0.25) is 0 Å². The van der Waals surface area contributed by atoms with Crippen LogP contribution in [0.5, 0.6) is 0 Å². The molecular weight excluding hydrogens is 517 g/mol. The first-order valence-corrected chi connectivity index (χ1v) is 11.9. The highest BCUT2D eigenvalue weighted by Crippen LogP contribution is 2.36. The second-order valence-electron chi connectivity index (χ2n) is 8.30. The fourth-order valence-electron chi connectivity index (χ4n) is 4.28. The first-order chi connectivity index (χ1) is 14.6. The minimum atomic E-state index is 0. The van der Waals surface area contributed by atoms with Gasteiger partial charge < -0.3 is 15.5 Å². The molecule has 0 aliphatic carbocycles. The van der Waals surface area contributed by atoms with Crippen LogP contribution in [0.15, 0.2) is 46.8 Å². The highest BCUT2D eigenvalue weighted by atomic mass is 127. The number of likely N-dealkylation sites (tertiary alicyclic amines) is 1.